The van der Waals surface area contributed by atoms with Crippen LogP contribution in [-0.2, 0) is 0 Å². The highest BCUT2D eigenvalue weighted by atomic mass is 16.3. The van der Waals surface area contributed by atoms with E-state index in [1.165, 1.54) is 0 Å². The summed E-state index contributed by atoms with van der Waals surface area (Å²) in [6.07, 6.45) is 1.17. The van der Waals surface area contributed by atoms with Gasteiger partial charge in [-0.25, -0.2) is 0 Å². The zero-order chi connectivity index (χ0) is 7.84. The van der Waals surface area contributed by atoms with E-state index >= 15 is 0 Å². The third-order valence-electron chi connectivity index (χ3n) is 3.06. The first-order chi connectivity index (χ1) is 5.29. The monoisotopic (exact) mass is 157 g/mol. The van der Waals surface area contributed by atoms with Gasteiger partial charge in [0.2, 0.25) is 0 Å². The van der Waals surface area contributed by atoms with Crippen molar-refractivity contribution in [1.82, 2.24) is 5.32 Å². The molecule has 3 heteroatoms. The van der Waals surface area contributed by atoms with Gasteiger partial charge in [0.15, 0.2) is 0 Å². The van der Waals surface area contributed by atoms with Gasteiger partial charge in [-0.2, -0.15) is 0 Å². The number of fused-ring (bicyclic) bond motifs is 1. The lowest BCUT2D eigenvalue weighted by atomic mass is 9.78. The first-order valence-corrected chi connectivity index (χ1v) is 4.36. The Hall–Kier alpha value is -0.120. The molecule has 1 aliphatic carbocycles. The molecular formula is C8H15NO2. The van der Waals surface area contributed by atoms with E-state index in [2.05, 4.69) is 5.32 Å². The Labute approximate surface area is 66.4 Å². The summed E-state index contributed by atoms with van der Waals surface area (Å²) in [4.78, 5) is 0. The first kappa shape index (κ1) is 7.53. The average Bonchev–Trinajstić information content (AvgIpc) is 2.45. The average molecular weight is 157 g/mol. The van der Waals surface area contributed by atoms with Crippen LogP contribution >= 0.6 is 0 Å². The van der Waals surface area contributed by atoms with Crippen LogP contribution in [0.4, 0.5) is 0 Å². The summed E-state index contributed by atoms with van der Waals surface area (Å²) in [5, 5.41) is 22.3. The minimum atomic E-state index is -0.182. The van der Waals surface area contributed by atoms with Crippen molar-refractivity contribution in [3.63, 3.8) is 0 Å². The van der Waals surface area contributed by atoms with E-state index in [1.54, 1.807) is 0 Å². The summed E-state index contributed by atoms with van der Waals surface area (Å²) in [6, 6.07) is 0. The van der Waals surface area contributed by atoms with Crippen molar-refractivity contribution in [3.8, 4) is 0 Å². The molecule has 4 unspecified atom stereocenters. The van der Waals surface area contributed by atoms with Crippen LogP contribution in [0, 0.1) is 11.8 Å². The molecule has 0 aromatic heterocycles. The van der Waals surface area contributed by atoms with Gasteiger partial charge in [-0.1, -0.05) is 0 Å². The summed E-state index contributed by atoms with van der Waals surface area (Å²) in [7, 11) is 0. The van der Waals surface area contributed by atoms with Crippen molar-refractivity contribution in [2.45, 2.75) is 25.0 Å². The highest BCUT2D eigenvalue weighted by Gasteiger charge is 2.40. The Bertz CT molecular complexity index is 135. The zero-order valence-electron chi connectivity index (χ0n) is 6.53. The molecule has 1 saturated carbocycles. The van der Waals surface area contributed by atoms with Crippen LogP contribution in [0.1, 0.15) is 12.8 Å². The number of hydrogen-bond donors (Lipinski definition) is 3. The molecule has 64 valence electrons. The van der Waals surface area contributed by atoms with Crippen molar-refractivity contribution < 1.29 is 10.2 Å². The molecule has 1 saturated heterocycles. The molecule has 1 heterocycles. The van der Waals surface area contributed by atoms with Crippen LogP contribution in [0.3, 0.4) is 0 Å². The molecule has 0 aromatic carbocycles. The summed E-state index contributed by atoms with van der Waals surface area (Å²) in [5.41, 5.74) is 0. The predicted molar refractivity (Wildman–Crippen MR) is 41.1 cm³/mol. The second-order valence-electron chi connectivity index (χ2n) is 3.70. The van der Waals surface area contributed by atoms with E-state index in [1.807, 2.05) is 0 Å². The van der Waals surface area contributed by atoms with E-state index in [0.29, 0.717) is 11.8 Å². The Balaban J connectivity index is 2.08. The number of hydrogen-bond acceptors (Lipinski definition) is 3. The molecule has 1 aliphatic heterocycles. The molecule has 4 atom stereocenters. The molecule has 0 amide bonds. The molecule has 0 aromatic rings. The number of aliphatic hydroxyl groups is 2. The largest absolute Gasteiger partial charge is 0.393 e. The van der Waals surface area contributed by atoms with Crippen LogP contribution in [0.2, 0.25) is 0 Å². The van der Waals surface area contributed by atoms with Gasteiger partial charge >= 0.3 is 0 Å². The molecule has 0 radical (unpaired) electrons. The topological polar surface area (TPSA) is 52.5 Å². The standard InChI is InChI=1S/C8H15NO2/c10-7-1-2-8(11)6-4-9-3-5(6)7/h5-11H,1-4H2. The van der Waals surface area contributed by atoms with Gasteiger partial charge in [-0.15, -0.1) is 0 Å². The van der Waals surface area contributed by atoms with E-state index < -0.39 is 0 Å². The molecule has 2 fully saturated rings. The van der Waals surface area contributed by atoms with Crippen LogP contribution in [0.15, 0.2) is 0 Å². The molecule has 0 spiro atoms. The Kier molecular flexibility index (Phi) is 1.87. The molecule has 3 nitrogen and oxygen atoms in total. The maximum absolute atomic E-state index is 9.55. The molecule has 0 bridgehead atoms. The maximum atomic E-state index is 9.55. The molecular weight excluding hydrogens is 142 g/mol. The van der Waals surface area contributed by atoms with Gasteiger partial charge in [0, 0.05) is 24.9 Å². The lowest BCUT2D eigenvalue weighted by Crippen LogP contribution is -2.39. The third kappa shape index (κ3) is 1.17. The second kappa shape index (κ2) is 2.73. The van der Waals surface area contributed by atoms with Gasteiger partial charge in [-0.05, 0) is 12.8 Å². The minimum absolute atomic E-state index is 0.182. The predicted octanol–water partition coefficient (Wildman–Crippen LogP) is -0.662. The van der Waals surface area contributed by atoms with E-state index in [9.17, 15) is 10.2 Å². The smallest absolute Gasteiger partial charge is 0.0585 e. The van der Waals surface area contributed by atoms with Crippen molar-refractivity contribution in [2.75, 3.05) is 13.1 Å². The molecule has 2 aliphatic rings. The van der Waals surface area contributed by atoms with E-state index in [0.717, 1.165) is 25.9 Å². The third-order valence-corrected chi connectivity index (χ3v) is 3.06. The van der Waals surface area contributed by atoms with Crippen LogP contribution in [0.5, 0.6) is 0 Å². The van der Waals surface area contributed by atoms with Gasteiger partial charge in [-0.3, -0.25) is 0 Å². The molecule has 11 heavy (non-hydrogen) atoms. The van der Waals surface area contributed by atoms with Crippen LogP contribution in [0.25, 0.3) is 0 Å². The highest BCUT2D eigenvalue weighted by Crippen LogP contribution is 2.32. The fourth-order valence-corrected chi connectivity index (χ4v) is 2.33. The molecule has 3 N–H and O–H groups in total. The number of aliphatic hydroxyl groups excluding tert-OH is 2. The van der Waals surface area contributed by atoms with Gasteiger partial charge < -0.3 is 15.5 Å². The van der Waals surface area contributed by atoms with Crippen LogP contribution in [-0.4, -0.2) is 35.5 Å². The first-order valence-electron chi connectivity index (χ1n) is 4.36. The number of rotatable bonds is 0. The molecule has 2 rings (SSSR count). The van der Waals surface area contributed by atoms with E-state index in [4.69, 9.17) is 0 Å². The summed E-state index contributed by atoms with van der Waals surface area (Å²) in [5.74, 6) is 0.609. The second-order valence-corrected chi connectivity index (χ2v) is 3.70. The number of nitrogens with one attached hydrogen (secondary N) is 1. The van der Waals surface area contributed by atoms with Crippen LogP contribution < -0.4 is 5.32 Å². The van der Waals surface area contributed by atoms with E-state index in [-0.39, 0.29) is 12.2 Å². The lowest BCUT2D eigenvalue weighted by Gasteiger charge is -2.33. The Morgan fingerprint density at radius 1 is 0.909 bits per heavy atom. The van der Waals surface area contributed by atoms with Crippen molar-refractivity contribution in [1.29, 1.82) is 0 Å². The summed E-state index contributed by atoms with van der Waals surface area (Å²) < 4.78 is 0. The fourth-order valence-electron chi connectivity index (χ4n) is 2.33. The Morgan fingerprint density at radius 2 is 1.36 bits per heavy atom. The summed E-state index contributed by atoms with van der Waals surface area (Å²) >= 11 is 0. The normalized spacial score (nSPS) is 50.7. The highest BCUT2D eigenvalue weighted by molar-refractivity contribution is 4.93. The van der Waals surface area contributed by atoms with Crippen molar-refractivity contribution in [2.24, 2.45) is 11.8 Å². The van der Waals surface area contributed by atoms with Gasteiger partial charge in [0.25, 0.3) is 0 Å². The van der Waals surface area contributed by atoms with Gasteiger partial charge in [0.1, 0.15) is 0 Å². The van der Waals surface area contributed by atoms with Gasteiger partial charge in [0.05, 0.1) is 12.2 Å². The minimum Gasteiger partial charge on any atom is -0.393 e. The summed E-state index contributed by atoms with van der Waals surface area (Å²) in [6.45, 7) is 1.76. The van der Waals surface area contributed by atoms with Crippen molar-refractivity contribution >= 4 is 0 Å². The maximum Gasteiger partial charge on any atom is 0.0585 e. The quantitative estimate of drug-likeness (QED) is 0.437. The lowest BCUT2D eigenvalue weighted by molar-refractivity contribution is -0.0207. The Morgan fingerprint density at radius 3 is 1.82 bits per heavy atom. The fraction of sp³-hybridized carbons (Fsp3) is 1.00. The SMILES string of the molecule is OC1CCC(O)C2CNCC12. The van der Waals surface area contributed by atoms with Crippen molar-refractivity contribution in [3.05, 3.63) is 0 Å². The zero-order valence-corrected chi connectivity index (χ0v) is 6.53.